The Balaban J connectivity index is 2.01. The number of fused-ring (bicyclic) bond motifs is 1. The van der Waals surface area contributed by atoms with Crippen molar-refractivity contribution in [2.24, 2.45) is 0 Å². The molecule has 0 amide bonds. The molecule has 0 atom stereocenters. The monoisotopic (exact) mass is 292 g/mol. The van der Waals surface area contributed by atoms with Crippen LogP contribution in [0.25, 0.3) is 10.9 Å². The molecule has 0 radical (unpaired) electrons. The van der Waals surface area contributed by atoms with E-state index in [2.05, 4.69) is 54.6 Å². The Morgan fingerprint density at radius 3 is 2.68 bits per heavy atom. The van der Waals surface area contributed by atoms with E-state index in [1.54, 1.807) is 0 Å². The Kier molecular flexibility index (Phi) is 4.28. The molecule has 2 heteroatoms. The van der Waals surface area contributed by atoms with Crippen molar-refractivity contribution in [3.05, 3.63) is 65.1 Å². The van der Waals surface area contributed by atoms with Gasteiger partial charge >= 0.3 is 0 Å². The quantitative estimate of drug-likeness (QED) is 0.657. The molecule has 0 saturated heterocycles. The van der Waals surface area contributed by atoms with E-state index < -0.39 is 0 Å². The second-order valence-corrected chi connectivity index (χ2v) is 6.11. The van der Waals surface area contributed by atoms with Crippen molar-refractivity contribution in [3.8, 4) is 0 Å². The van der Waals surface area contributed by atoms with E-state index in [1.165, 1.54) is 39.7 Å². The average molecular weight is 292 g/mol. The number of aromatic nitrogens is 2. The van der Waals surface area contributed by atoms with Crippen molar-refractivity contribution in [1.82, 2.24) is 9.55 Å². The lowest BCUT2D eigenvalue weighted by Gasteiger charge is -2.11. The van der Waals surface area contributed by atoms with Gasteiger partial charge in [-0.1, -0.05) is 31.0 Å². The Hall–Kier alpha value is -2.09. The van der Waals surface area contributed by atoms with Gasteiger partial charge in [0.1, 0.15) is 0 Å². The predicted octanol–water partition coefficient (Wildman–Crippen LogP) is 4.85. The standard InChI is InChI=1S/C20H24N2/c1-4-6-19-16(3)18-13-15(2)8-9-20(18)22(19)12-10-17-7-5-11-21-14-17/h5,7-9,11,13-14H,4,6,10,12H2,1-3H3. The van der Waals surface area contributed by atoms with Gasteiger partial charge in [0.05, 0.1) is 0 Å². The maximum atomic E-state index is 4.23. The molecule has 0 fully saturated rings. The highest BCUT2D eigenvalue weighted by atomic mass is 15.0. The third kappa shape index (κ3) is 2.78. The van der Waals surface area contributed by atoms with Gasteiger partial charge in [0, 0.05) is 35.5 Å². The normalized spacial score (nSPS) is 11.2. The average Bonchev–Trinajstić information content (AvgIpc) is 2.79. The van der Waals surface area contributed by atoms with E-state index in [0.29, 0.717) is 0 Å². The lowest BCUT2D eigenvalue weighted by molar-refractivity contribution is 0.670. The van der Waals surface area contributed by atoms with Crippen LogP contribution in [0.3, 0.4) is 0 Å². The van der Waals surface area contributed by atoms with Crippen LogP contribution in [0.1, 0.15) is 35.7 Å². The van der Waals surface area contributed by atoms with E-state index >= 15 is 0 Å². The zero-order valence-electron chi connectivity index (χ0n) is 13.8. The van der Waals surface area contributed by atoms with Crippen molar-refractivity contribution in [1.29, 1.82) is 0 Å². The van der Waals surface area contributed by atoms with Crippen molar-refractivity contribution >= 4 is 10.9 Å². The summed E-state index contributed by atoms with van der Waals surface area (Å²) in [4.78, 5) is 4.23. The number of rotatable bonds is 5. The predicted molar refractivity (Wildman–Crippen MR) is 93.3 cm³/mol. The minimum atomic E-state index is 1.02. The lowest BCUT2D eigenvalue weighted by atomic mass is 10.1. The molecule has 2 nitrogen and oxygen atoms in total. The van der Waals surface area contributed by atoms with E-state index in [9.17, 15) is 0 Å². The lowest BCUT2D eigenvalue weighted by Crippen LogP contribution is -2.06. The van der Waals surface area contributed by atoms with E-state index in [1.807, 2.05) is 18.5 Å². The number of pyridine rings is 1. The van der Waals surface area contributed by atoms with Gasteiger partial charge in [0.2, 0.25) is 0 Å². The summed E-state index contributed by atoms with van der Waals surface area (Å²) in [6.07, 6.45) is 7.17. The molecule has 0 N–H and O–H groups in total. The minimum Gasteiger partial charge on any atom is -0.344 e. The van der Waals surface area contributed by atoms with Crippen LogP contribution < -0.4 is 0 Å². The van der Waals surface area contributed by atoms with Gasteiger partial charge in [0.25, 0.3) is 0 Å². The van der Waals surface area contributed by atoms with Crippen molar-refractivity contribution in [2.45, 2.75) is 46.6 Å². The molecular formula is C20H24N2. The van der Waals surface area contributed by atoms with Gasteiger partial charge in [-0.15, -0.1) is 0 Å². The topological polar surface area (TPSA) is 17.8 Å². The van der Waals surface area contributed by atoms with Crippen LogP contribution in [0.5, 0.6) is 0 Å². The van der Waals surface area contributed by atoms with E-state index in [4.69, 9.17) is 0 Å². The van der Waals surface area contributed by atoms with Crippen molar-refractivity contribution < 1.29 is 0 Å². The van der Waals surface area contributed by atoms with Gasteiger partial charge in [-0.25, -0.2) is 0 Å². The molecule has 114 valence electrons. The maximum absolute atomic E-state index is 4.23. The van der Waals surface area contributed by atoms with Gasteiger partial charge in [0.15, 0.2) is 0 Å². The number of nitrogens with zero attached hydrogens (tertiary/aromatic N) is 2. The summed E-state index contributed by atoms with van der Waals surface area (Å²) < 4.78 is 2.51. The van der Waals surface area contributed by atoms with Crippen LogP contribution in [0.15, 0.2) is 42.7 Å². The van der Waals surface area contributed by atoms with Crippen molar-refractivity contribution in [3.63, 3.8) is 0 Å². The first-order valence-corrected chi connectivity index (χ1v) is 8.18. The fourth-order valence-corrected chi connectivity index (χ4v) is 3.29. The highest BCUT2D eigenvalue weighted by Gasteiger charge is 2.13. The molecule has 0 unspecified atom stereocenters. The second kappa shape index (κ2) is 6.35. The largest absolute Gasteiger partial charge is 0.344 e. The molecule has 0 aliphatic rings. The Labute approximate surface area is 132 Å². The molecule has 3 rings (SSSR count). The molecule has 0 aliphatic carbocycles. The molecule has 22 heavy (non-hydrogen) atoms. The maximum Gasteiger partial charge on any atom is 0.0485 e. The third-order valence-electron chi connectivity index (χ3n) is 4.44. The molecule has 2 aromatic heterocycles. The third-order valence-corrected chi connectivity index (χ3v) is 4.44. The molecule has 3 aromatic rings. The molecule has 0 bridgehead atoms. The Morgan fingerprint density at radius 2 is 1.95 bits per heavy atom. The fraction of sp³-hybridized carbons (Fsp3) is 0.350. The summed E-state index contributed by atoms with van der Waals surface area (Å²) in [5, 5.41) is 1.41. The van der Waals surface area contributed by atoms with Crippen LogP contribution in [0.4, 0.5) is 0 Å². The smallest absolute Gasteiger partial charge is 0.0485 e. The zero-order chi connectivity index (χ0) is 15.5. The van der Waals surface area contributed by atoms with E-state index in [-0.39, 0.29) is 0 Å². The van der Waals surface area contributed by atoms with Crippen molar-refractivity contribution in [2.75, 3.05) is 0 Å². The molecule has 0 aliphatic heterocycles. The number of hydrogen-bond donors (Lipinski definition) is 0. The molecular weight excluding hydrogens is 268 g/mol. The van der Waals surface area contributed by atoms with Gasteiger partial charge < -0.3 is 4.57 Å². The first-order chi connectivity index (χ1) is 10.7. The number of benzene rings is 1. The summed E-state index contributed by atoms with van der Waals surface area (Å²) in [7, 11) is 0. The number of aryl methyl sites for hydroxylation is 4. The summed E-state index contributed by atoms with van der Waals surface area (Å²) >= 11 is 0. The van der Waals surface area contributed by atoms with Crippen LogP contribution in [-0.4, -0.2) is 9.55 Å². The summed E-state index contributed by atoms with van der Waals surface area (Å²) in [6, 6.07) is 11.0. The van der Waals surface area contributed by atoms with Gasteiger partial charge in [-0.2, -0.15) is 0 Å². The van der Waals surface area contributed by atoms with Gasteiger partial charge in [-0.3, -0.25) is 4.98 Å². The van der Waals surface area contributed by atoms with Crippen LogP contribution in [-0.2, 0) is 19.4 Å². The highest BCUT2D eigenvalue weighted by molar-refractivity contribution is 5.86. The fourth-order valence-electron chi connectivity index (χ4n) is 3.29. The van der Waals surface area contributed by atoms with Crippen LogP contribution in [0.2, 0.25) is 0 Å². The second-order valence-electron chi connectivity index (χ2n) is 6.11. The minimum absolute atomic E-state index is 1.02. The summed E-state index contributed by atoms with van der Waals surface area (Å²) in [5.74, 6) is 0. The van der Waals surface area contributed by atoms with Crippen LogP contribution in [0, 0.1) is 13.8 Å². The molecule has 2 heterocycles. The summed E-state index contributed by atoms with van der Waals surface area (Å²) in [6.45, 7) is 7.72. The Morgan fingerprint density at radius 1 is 1.09 bits per heavy atom. The zero-order valence-corrected chi connectivity index (χ0v) is 13.8. The summed E-state index contributed by atoms with van der Waals surface area (Å²) in [5.41, 5.74) is 6.95. The molecule has 0 saturated carbocycles. The first kappa shape index (κ1) is 14.8. The highest BCUT2D eigenvalue weighted by Crippen LogP contribution is 2.28. The SMILES string of the molecule is CCCc1c(C)c2cc(C)ccc2n1CCc1cccnc1. The van der Waals surface area contributed by atoms with Gasteiger partial charge in [-0.05, 0) is 56.0 Å². The van der Waals surface area contributed by atoms with E-state index in [0.717, 1.165) is 19.4 Å². The number of hydrogen-bond acceptors (Lipinski definition) is 1. The Bertz CT molecular complexity index is 769. The molecule has 0 spiro atoms. The van der Waals surface area contributed by atoms with Crippen LogP contribution >= 0.6 is 0 Å². The molecule has 1 aromatic carbocycles. The first-order valence-electron chi connectivity index (χ1n) is 8.18.